The largest absolute Gasteiger partial charge is 0.462 e. The van der Waals surface area contributed by atoms with Crippen LogP contribution in [0.15, 0.2) is 42.5 Å². The summed E-state index contributed by atoms with van der Waals surface area (Å²) in [4.78, 5) is 23.3. The molecule has 0 spiro atoms. The molecule has 2 aromatic carbocycles. The van der Waals surface area contributed by atoms with Crippen molar-refractivity contribution in [1.29, 1.82) is 0 Å². The van der Waals surface area contributed by atoms with Crippen LogP contribution in [0.2, 0.25) is 5.02 Å². The molecule has 0 aromatic heterocycles. The molecule has 2 rings (SSSR count). The Hall–Kier alpha value is -2.60. The third kappa shape index (κ3) is 4.69. The molecule has 0 saturated carbocycles. The number of rotatable bonds is 4. The topological polar surface area (TPSA) is 64.6 Å². The molecule has 0 heterocycles. The second-order valence-corrected chi connectivity index (χ2v) is 4.79. The van der Waals surface area contributed by atoms with Crippen molar-refractivity contribution in [3.05, 3.63) is 58.9 Å². The molecule has 1 amide bonds. The fourth-order valence-corrected chi connectivity index (χ4v) is 1.91. The number of halogens is 2. The normalized spacial score (nSPS) is 10.0. The number of carbonyl (C=O) groups excluding carboxylic acids is 2. The maximum atomic E-state index is 12.9. The van der Waals surface area contributed by atoms with Gasteiger partial charge < -0.3 is 9.47 Å². The van der Waals surface area contributed by atoms with Crippen molar-refractivity contribution >= 4 is 29.4 Å². The summed E-state index contributed by atoms with van der Waals surface area (Å²) < 4.78 is 22.7. The van der Waals surface area contributed by atoms with E-state index < -0.39 is 17.9 Å². The molecular weight excluding hydrogens is 325 g/mol. The molecule has 0 unspecified atom stereocenters. The van der Waals surface area contributed by atoms with E-state index in [2.05, 4.69) is 5.32 Å². The first-order valence-electron chi connectivity index (χ1n) is 6.70. The summed E-state index contributed by atoms with van der Waals surface area (Å²) in [5.74, 6) is -0.939. The summed E-state index contributed by atoms with van der Waals surface area (Å²) in [5, 5.41) is 2.45. The molecule has 7 heteroatoms. The van der Waals surface area contributed by atoms with Gasteiger partial charge >= 0.3 is 12.1 Å². The van der Waals surface area contributed by atoms with Gasteiger partial charge in [-0.25, -0.2) is 14.0 Å². The van der Waals surface area contributed by atoms with Gasteiger partial charge in [-0.1, -0.05) is 11.6 Å². The predicted octanol–water partition coefficient (Wildman–Crippen LogP) is 4.27. The Bertz CT molecular complexity index is 719. The van der Waals surface area contributed by atoms with Crippen molar-refractivity contribution in [2.75, 3.05) is 11.9 Å². The van der Waals surface area contributed by atoms with Crippen LogP contribution < -0.4 is 10.1 Å². The van der Waals surface area contributed by atoms with E-state index in [4.69, 9.17) is 21.1 Å². The standard InChI is InChI=1S/C16H13ClFNO4/c1-2-22-15(20)10-3-6-12(7-4-10)19-16(21)23-14-8-5-11(18)9-13(14)17/h3-9H,2H2,1H3,(H,19,21). The van der Waals surface area contributed by atoms with Crippen molar-refractivity contribution in [1.82, 2.24) is 0 Å². The lowest BCUT2D eigenvalue weighted by atomic mass is 10.2. The average Bonchev–Trinajstić information content (AvgIpc) is 2.51. The van der Waals surface area contributed by atoms with Gasteiger partial charge in [-0.2, -0.15) is 0 Å². The lowest BCUT2D eigenvalue weighted by Crippen LogP contribution is -2.17. The minimum Gasteiger partial charge on any atom is -0.462 e. The van der Waals surface area contributed by atoms with Gasteiger partial charge in [-0.05, 0) is 49.4 Å². The number of nitrogens with one attached hydrogen (secondary N) is 1. The first-order chi connectivity index (χ1) is 11.0. The maximum absolute atomic E-state index is 12.9. The van der Waals surface area contributed by atoms with E-state index in [1.807, 2.05) is 0 Å². The lowest BCUT2D eigenvalue weighted by Gasteiger charge is -2.08. The third-order valence-electron chi connectivity index (χ3n) is 2.74. The van der Waals surface area contributed by atoms with E-state index >= 15 is 0 Å². The van der Waals surface area contributed by atoms with E-state index in [0.717, 1.165) is 12.1 Å². The smallest absolute Gasteiger partial charge is 0.417 e. The Morgan fingerprint density at radius 3 is 2.48 bits per heavy atom. The number of benzene rings is 2. The zero-order valence-corrected chi connectivity index (χ0v) is 12.9. The Labute approximate surface area is 137 Å². The molecule has 0 aliphatic carbocycles. The fraction of sp³-hybridized carbons (Fsp3) is 0.125. The molecule has 1 N–H and O–H groups in total. The molecule has 2 aromatic rings. The van der Waals surface area contributed by atoms with Gasteiger partial charge in [-0.3, -0.25) is 5.32 Å². The molecule has 0 radical (unpaired) electrons. The zero-order valence-electron chi connectivity index (χ0n) is 12.1. The predicted molar refractivity (Wildman–Crippen MR) is 83.5 cm³/mol. The molecule has 23 heavy (non-hydrogen) atoms. The number of hydrogen-bond donors (Lipinski definition) is 1. The first kappa shape index (κ1) is 16.8. The second kappa shape index (κ2) is 7.60. The van der Waals surface area contributed by atoms with Crippen LogP contribution in [0.25, 0.3) is 0 Å². The highest BCUT2D eigenvalue weighted by molar-refractivity contribution is 6.32. The molecule has 0 fully saturated rings. The van der Waals surface area contributed by atoms with Crippen molar-refractivity contribution in [2.24, 2.45) is 0 Å². The summed E-state index contributed by atoms with van der Waals surface area (Å²) >= 11 is 5.77. The van der Waals surface area contributed by atoms with Gasteiger partial charge in [0.25, 0.3) is 0 Å². The van der Waals surface area contributed by atoms with Gasteiger partial charge in [0, 0.05) is 5.69 Å². The number of ether oxygens (including phenoxy) is 2. The second-order valence-electron chi connectivity index (χ2n) is 4.39. The minimum atomic E-state index is -0.789. The van der Waals surface area contributed by atoms with Crippen molar-refractivity contribution < 1.29 is 23.5 Å². The third-order valence-corrected chi connectivity index (χ3v) is 3.03. The monoisotopic (exact) mass is 337 g/mol. The van der Waals surface area contributed by atoms with Crippen LogP contribution in [0.1, 0.15) is 17.3 Å². The average molecular weight is 338 g/mol. The number of anilines is 1. The Balaban J connectivity index is 1.98. The van der Waals surface area contributed by atoms with Gasteiger partial charge in [0.2, 0.25) is 0 Å². The fourth-order valence-electron chi connectivity index (χ4n) is 1.71. The molecule has 0 bridgehead atoms. The highest BCUT2D eigenvalue weighted by Crippen LogP contribution is 2.25. The molecule has 0 saturated heterocycles. The Morgan fingerprint density at radius 1 is 1.17 bits per heavy atom. The number of esters is 1. The summed E-state index contributed by atoms with van der Waals surface area (Å²) in [6, 6.07) is 9.50. The van der Waals surface area contributed by atoms with Crippen LogP contribution in [-0.2, 0) is 4.74 Å². The lowest BCUT2D eigenvalue weighted by molar-refractivity contribution is 0.0526. The highest BCUT2D eigenvalue weighted by atomic mass is 35.5. The molecule has 0 aliphatic heterocycles. The summed E-state index contributed by atoms with van der Waals surface area (Å²) in [6.07, 6.45) is -0.789. The van der Waals surface area contributed by atoms with E-state index in [1.165, 1.54) is 30.3 Å². The van der Waals surface area contributed by atoms with Crippen molar-refractivity contribution in [3.8, 4) is 5.75 Å². The molecule has 120 valence electrons. The summed E-state index contributed by atoms with van der Waals surface area (Å²) in [7, 11) is 0. The molecular formula is C16H13ClFNO4. The van der Waals surface area contributed by atoms with Gasteiger partial charge in [0.05, 0.1) is 17.2 Å². The Kier molecular flexibility index (Phi) is 5.54. The van der Waals surface area contributed by atoms with Crippen LogP contribution in [0.5, 0.6) is 5.75 Å². The zero-order chi connectivity index (χ0) is 16.8. The van der Waals surface area contributed by atoms with Crippen molar-refractivity contribution in [2.45, 2.75) is 6.92 Å². The van der Waals surface area contributed by atoms with E-state index in [1.54, 1.807) is 6.92 Å². The van der Waals surface area contributed by atoms with Gasteiger partial charge in [-0.15, -0.1) is 0 Å². The van der Waals surface area contributed by atoms with Gasteiger partial charge in [0.1, 0.15) is 5.82 Å². The molecule has 0 atom stereocenters. The van der Waals surface area contributed by atoms with Crippen molar-refractivity contribution in [3.63, 3.8) is 0 Å². The van der Waals surface area contributed by atoms with E-state index in [-0.39, 0.29) is 17.4 Å². The van der Waals surface area contributed by atoms with E-state index in [0.29, 0.717) is 11.3 Å². The van der Waals surface area contributed by atoms with Crippen LogP contribution in [0, 0.1) is 5.82 Å². The van der Waals surface area contributed by atoms with Crippen LogP contribution in [0.3, 0.4) is 0 Å². The van der Waals surface area contributed by atoms with Crippen LogP contribution in [-0.4, -0.2) is 18.7 Å². The van der Waals surface area contributed by atoms with E-state index in [9.17, 15) is 14.0 Å². The van der Waals surface area contributed by atoms with Gasteiger partial charge in [0.15, 0.2) is 5.75 Å². The molecule has 0 aliphatic rings. The summed E-state index contributed by atoms with van der Waals surface area (Å²) in [6.45, 7) is 1.99. The minimum absolute atomic E-state index is 0.0159. The SMILES string of the molecule is CCOC(=O)c1ccc(NC(=O)Oc2ccc(F)cc2Cl)cc1. The molecule has 5 nitrogen and oxygen atoms in total. The number of amides is 1. The first-order valence-corrected chi connectivity index (χ1v) is 7.08. The summed E-state index contributed by atoms with van der Waals surface area (Å²) in [5.41, 5.74) is 0.786. The Morgan fingerprint density at radius 2 is 1.87 bits per heavy atom. The highest BCUT2D eigenvalue weighted by Gasteiger charge is 2.10. The quantitative estimate of drug-likeness (QED) is 0.846. The number of hydrogen-bond acceptors (Lipinski definition) is 4. The number of carbonyl (C=O) groups is 2. The maximum Gasteiger partial charge on any atom is 0.417 e. The van der Waals surface area contributed by atoms with Crippen LogP contribution >= 0.6 is 11.6 Å². The van der Waals surface area contributed by atoms with Crippen LogP contribution in [0.4, 0.5) is 14.9 Å².